The van der Waals surface area contributed by atoms with Crippen LogP contribution in [0.2, 0.25) is 0 Å². The van der Waals surface area contributed by atoms with Crippen LogP contribution >= 0.6 is 11.3 Å². The first-order valence-corrected chi connectivity index (χ1v) is 7.04. The highest BCUT2D eigenvalue weighted by atomic mass is 32.1. The zero-order valence-corrected chi connectivity index (χ0v) is 12.5. The monoisotopic (exact) mass is 315 g/mol. The van der Waals surface area contributed by atoms with E-state index in [2.05, 4.69) is 10.3 Å². The van der Waals surface area contributed by atoms with E-state index in [-0.39, 0.29) is 19.4 Å². The number of aliphatic carboxylic acids is 2. The van der Waals surface area contributed by atoms with Crippen molar-refractivity contribution in [2.75, 3.05) is 7.05 Å². The maximum atomic E-state index is 11.9. The second-order valence-corrected chi connectivity index (χ2v) is 5.55. The number of nitrogens with zero attached hydrogens (tertiary/aromatic N) is 2. The number of thiazole rings is 1. The average Bonchev–Trinajstić information content (AvgIpc) is 2.78. The number of nitrogens with one attached hydrogen (secondary N) is 1. The van der Waals surface area contributed by atoms with Crippen molar-refractivity contribution < 1.29 is 24.6 Å². The van der Waals surface area contributed by atoms with Crippen molar-refractivity contribution in [2.24, 2.45) is 0 Å². The van der Waals surface area contributed by atoms with Crippen LogP contribution in [0.3, 0.4) is 0 Å². The van der Waals surface area contributed by atoms with Gasteiger partial charge in [-0.25, -0.2) is 14.6 Å². The molecule has 0 aliphatic heterocycles. The SMILES string of the molecule is Cc1nc(CN(C)C(=O)N[C@@H](CCC(=O)O)C(=O)O)cs1. The second-order valence-electron chi connectivity index (χ2n) is 4.49. The molecule has 116 valence electrons. The number of carboxylic acids is 2. The number of hydrogen-bond donors (Lipinski definition) is 3. The lowest BCUT2D eigenvalue weighted by Gasteiger charge is -2.20. The highest BCUT2D eigenvalue weighted by molar-refractivity contribution is 7.09. The Bertz CT molecular complexity index is 531. The Hall–Kier alpha value is -2.16. The van der Waals surface area contributed by atoms with Gasteiger partial charge in [-0.1, -0.05) is 0 Å². The first-order chi connectivity index (χ1) is 9.79. The number of carbonyl (C=O) groups excluding carboxylic acids is 1. The standard InChI is InChI=1S/C12H17N3O5S/c1-7-13-8(6-21-7)5-15(2)12(20)14-9(11(18)19)3-4-10(16)17/h6,9H,3-5H2,1-2H3,(H,14,20)(H,16,17)(H,18,19)/t9-/m0/s1. The Morgan fingerprint density at radius 3 is 2.57 bits per heavy atom. The minimum absolute atomic E-state index is 0.167. The molecule has 0 fully saturated rings. The Morgan fingerprint density at radius 1 is 1.43 bits per heavy atom. The summed E-state index contributed by atoms with van der Waals surface area (Å²) in [4.78, 5) is 38.9. The minimum Gasteiger partial charge on any atom is -0.481 e. The zero-order valence-electron chi connectivity index (χ0n) is 11.7. The highest BCUT2D eigenvalue weighted by Crippen LogP contribution is 2.10. The van der Waals surface area contributed by atoms with Gasteiger partial charge in [0.25, 0.3) is 0 Å². The Kier molecular flexibility index (Phi) is 6.10. The molecule has 1 aromatic rings. The lowest BCUT2D eigenvalue weighted by atomic mass is 10.1. The predicted octanol–water partition coefficient (Wildman–Crippen LogP) is 0.911. The third kappa shape index (κ3) is 5.78. The molecule has 0 spiro atoms. The highest BCUT2D eigenvalue weighted by Gasteiger charge is 2.22. The van der Waals surface area contributed by atoms with Crippen molar-refractivity contribution in [1.82, 2.24) is 15.2 Å². The van der Waals surface area contributed by atoms with Crippen LogP contribution in [0.4, 0.5) is 4.79 Å². The number of carboxylic acid groups (broad SMARTS) is 2. The Morgan fingerprint density at radius 2 is 2.10 bits per heavy atom. The molecule has 1 atom stereocenters. The van der Waals surface area contributed by atoms with E-state index in [0.29, 0.717) is 5.69 Å². The normalized spacial score (nSPS) is 11.7. The van der Waals surface area contributed by atoms with Gasteiger partial charge >= 0.3 is 18.0 Å². The van der Waals surface area contributed by atoms with Gasteiger partial charge in [-0.05, 0) is 13.3 Å². The van der Waals surface area contributed by atoms with E-state index in [1.807, 2.05) is 12.3 Å². The zero-order chi connectivity index (χ0) is 16.0. The third-order valence-corrected chi connectivity index (χ3v) is 3.48. The van der Waals surface area contributed by atoms with Crippen LogP contribution in [0.5, 0.6) is 0 Å². The van der Waals surface area contributed by atoms with Gasteiger partial charge in [0.2, 0.25) is 0 Å². The van der Waals surface area contributed by atoms with Gasteiger partial charge in [0.15, 0.2) is 0 Å². The molecule has 9 heteroatoms. The summed E-state index contributed by atoms with van der Waals surface area (Å²) in [6.07, 6.45) is -0.494. The fraction of sp³-hybridized carbons (Fsp3) is 0.500. The van der Waals surface area contributed by atoms with Gasteiger partial charge in [0, 0.05) is 18.8 Å². The summed E-state index contributed by atoms with van der Waals surface area (Å²) in [7, 11) is 1.51. The molecule has 0 radical (unpaired) electrons. The van der Waals surface area contributed by atoms with E-state index in [1.165, 1.54) is 23.3 Å². The molecule has 2 amide bonds. The average molecular weight is 315 g/mol. The summed E-state index contributed by atoms with van der Waals surface area (Å²) < 4.78 is 0. The maximum Gasteiger partial charge on any atom is 0.326 e. The molecular weight excluding hydrogens is 298 g/mol. The molecular formula is C12H17N3O5S. The number of aryl methyl sites for hydroxylation is 1. The quantitative estimate of drug-likeness (QED) is 0.688. The number of urea groups is 1. The van der Waals surface area contributed by atoms with Crippen molar-refractivity contribution in [3.8, 4) is 0 Å². The Balaban J connectivity index is 2.55. The lowest BCUT2D eigenvalue weighted by Crippen LogP contribution is -2.46. The minimum atomic E-state index is -1.26. The van der Waals surface area contributed by atoms with Crippen LogP contribution in [0, 0.1) is 6.92 Å². The molecule has 3 N–H and O–H groups in total. The van der Waals surface area contributed by atoms with E-state index in [1.54, 1.807) is 0 Å². The van der Waals surface area contributed by atoms with E-state index in [0.717, 1.165) is 5.01 Å². The summed E-state index contributed by atoms with van der Waals surface area (Å²) in [6.45, 7) is 2.10. The number of carbonyl (C=O) groups is 3. The van der Waals surface area contributed by atoms with Gasteiger partial charge < -0.3 is 20.4 Å². The number of hydrogen-bond acceptors (Lipinski definition) is 5. The van der Waals surface area contributed by atoms with Gasteiger partial charge in [-0.3, -0.25) is 4.79 Å². The van der Waals surface area contributed by atoms with Crippen molar-refractivity contribution >= 4 is 29.3 Å². The van der Waals surface area contributed by atoms with Gasteiger partial charge in [-0.15, -0.1) is 11.3 Å². The summed E-state index contributed by atoms with van der Waals surface area (Å²) in [6, 6.07) is -1.81. The molecule has 1 rings (SSSR count). The van der Waals surface area contributed by atoms with Gasteiger partial charge in [-0.2, -0.15) is 0 Å². The fourth-order valence-corrected chi connectivity index (χ4v) is 2.18. The summed E-state index contributed by atoms with van der Waals surface area (Å²) in [5.41, 5.74) is 0.715. The van der Waals surface area contributed by atoms with E-state index in [4.69, 9.17) is 10.2 Å². The van der Waals surface area contributed by atoms with Crippen molar-refractivity contribution in [1.29, 1.82) is 0 Å². The number of rotatable bonds is 7. The molecule has 8 nitrogen and oxygen atoms in total. The molecule has 0 aliphatic rings. The summed E-state index contributed by atoms with van der Waals surface area (Å²) in [5, 5.41) is 22.5. The molecule has 0 saturated heterocycles. The molecule has 1 heterocycles. The van der Waals surface area contributed by atoms with Gasteiger partial charge in [0.05, 0.1) is 17.2 Å². The largest absolute Gasteiger partial charge is 0.481 e. The topological polar surface area (TPSA) is 120 Å². The molecule has 0 unspecified atom stereocenters. The van der Waals surface area contributed by atoms with Crippen molar-refractivity contribution in [3.05, 3.63) is 16.1 Å². The van der Waals surface area contributed by atoms with Crippen LogP contribution in [-0.2, 0) is 16.1 Å². The van der Waals surface area contributed by atoms with Crippen molar-refractivity contribution in [3.63, 3.8) is 0 Å². The van der Waals surface area contributed by atoms with E-state index < -0.39 is 24.0 Å². The Labute approximate surface area is 125 Å². The van der Waals surface area contributed by atoms with Crippen LogP contribution in [0.15, 0.2) is 5.38 Å². The smallest absolute Gasteiger partial charge is 0.326 e. The van der Waals surface area contributed by atoms with Gasteiger partial charge in [0.1, 0.15) is 6.04 Å². The molecule has 21 heavy (non-hydrogen) atoms. The molecule has 0 aromatic carbocycles. The van der Waals surface area contributed by atoms with E-state index in [9.17, 15) is 14.4 Å². The molecule has 0 aliphatic carbocycles. The summed E-state index contributed by atoms with van der Waals surface area (Å²) >= 11 is 1.46. The number of amides is 2. The first kappa shape index (κ1) is 16.9. The predicted molar refractivity (Wildman–Crippen MR) is 75.1 cm³/mol. The first-order valence-electron chi connectivity index (χ1n) is 6.17. The summed E-state index contributed by atoms with van der Waals surface area (Å²) in [5.74, 6) is -2.37. The van der Waals surface area contributed by atoms with Crippen molar-refractivity contribution in [2.45, 2.75) is 32.4 Å². The number of aromatic nitrogens is 1. The van der Waals surface area contributed by atoms with Crippen LogP contribution in [0.25, 0.3) is 0 Å². The van der Waals surface area contributed by atoms with E-state index >= 15 is 0 Å². The van der Waals surface area contributed by atoms with Crippen LogP contribution < -0.4 is 5.32 Å². The third-order valence-electron chi connectivity index (χ3n) is 2.66. The molecule has 0 bridgehead atoms. The second kappa shape index (κ2) is 7.58. The maximum absolute atomic E-state index is 11.9. The van der Waals surface area contributed by atoms with Crippen LogP contribution in [0.1, 0.15) is 23.5 Å². The fourth-order valence-electron chi connectivity index (χ4n) is 1.58. The van der Waals surface area contributed by atoms with Crippen LogP contribution in [-0.4, -0.2) is 51.2 Å². The molecule has 1 aromatic heterocycles. The molecule has 0 saturated carbocycles. The lowest BCUT2D eigenvalue weighted by molar-refractivity contribution is -0.140.